The molecule has 0 spiro atoms. The number of rotatable bonds is 4. The number of aliphatic hydroxyl groups excluding tert-OH is 1. The van der Waals surface area contributed by atoms with Crippen LogP contribution >= 0.6 is 0 Å². The van der Waals surface area contributed by atoms with Crippen LogP contribution in [-0.2, 0) is 9.53 Å². The summed E-state index contributed by atoms with van der Waals surface area (Å²) in [6.07, 6.45) is 1.63. The molecule has 1 amide bonds. The molecule has 3 N–H and O–H groups in total. The Balaban J connectivity index is 2.59. The second kappa shape index (κ2) is 5.29. The van der Waals surface area contributed by atoms with Crippen LogP contribution in [0.3, 0.4) is 0 Å². The highest BCUT2D eigenvalue weighted by Gasteiger charge is 2.30. The monoisotopic (exact) mass is 202 g/mol. The van der Waals surface area contributed by atoms with Crippen molar-refractivity contribution in [2.24, 2.45) is 5.73 Å². The minimum absolute atomic E-state index is 0.0765. The predicted octanol–water partition coefficient (Wildman–Crippen LogP) is -1.06. The molecule has 1 aliphatic rings. The Labute approximate surface area is 83.8 Å². The van der Waals surface area contributed by atoms with Gasteiger partial charge in [0.15, 0.2) is 0 Å². The topological polar surface area (TPSA) is 75.8 Å². The molecule has 0 radical (unpaired) electrons. The Morgan fingerprint density at radius 1 is 1.79 bits per heavy atom. The number of methoxy groups -OCH3 is 1. The number of nitrogens with two attached hydrogens (primary N) is 1. The van der Waals surface area contributed by atoms with Crippen molar-refractivity contribution in [3.05, 3.63) is 0 Å². The molecule has 1 heterocycles. The first-order valence-electron chi connectivity index (χ1n) is 4.86. The van der Waals surface area contributed by atoms with Crippen molar-refractivity contribution in [2.45, 2.75) is 24.9 Å². The third-order valence-electron chi connectivity index (χ3n) is 2.52. The van der Waals surface area contributed by atoms with Crippen LogP contribution < -0.4 is 5.73 Å². The van der Waals surface area contributed by atoms with Crippen LogP contribution in [0.25, 0.3) is 0 Å². The predicted molar refractivity (Wildman–Crippen MR) is 51.7 cm³/mol. The molecule has 14 heavy (non-hydrogen) atoms. The maximum Gasteiger partial charge on any atom is 0.239 e. The second-order valence-corrected chi connectivity index (χ2v) is 3.57. The molecular formula is C9H18N2O3. The molecule has 0 bridgehead atoms. The summed E-state index contributed by atoms with van der Waals surface area (Å²) in [6, 6.07) is -0.659. The third-order valence-corrected chi connectivity index (χ3v) is 2.52. The summed E-state index contributed by atoms with van der Waals surface area (Å²) >= 11 is 0. The van der Waals surface area contributed by atoms with Gasteiger partial charge >= 0.3 is 0 Å². The lowest BCUT2D eigenvalue weighted by Gasteiger charge is -2.35. The minimum atomic E-state index is -0.408. The van der Waals surface area contributed by atoms with Gasteiger partial charge in [-0.05, 0) is 12.8 Å². The van der Waals surface area contributed by atoms with Crippen molar-refractivity contribution >= 4 is 5.91 Å². The first-order chi connectivity index (χ1) is 6.70. The van der Waals surface area contributed by atoms with E-state index < -0.39 is 6.04 Å². The van der Waals surface area contributed by atoms with Crippen molar-refractivity contribution < 1.29 is 14.6 Å². The summed E-state index contributed by atoms with van der Waals surface area (Å²) in [5.74, 6) is -0.0765. The fourth-order valence-corrected chi connectivity index (χ4v) is 1.72. The molecule has 2 unspecified atom stereocenters. The molecule has 2 atom stereocenters. The Morgan fingerprint density at radius 2 is 2.50 bits per heavy atom. The summed E-state index contributed by atoms with van der Waals surface area (Å²) < 4.78 is 4.94. The Kier molecular flexibility index (Phi) is 4.31. The van der Waals surface area contributed by atoms with Crippen LogP contribution in [0.4, 0.5) is 0 Å². The maximum absolute atomic E-state index is 11.6. The van der Waals surface area contributed by atoms with E-state index in [1.54, 1.807) is 12.0 Å². The van der Waals surface area contributed by atoms with Gasteiger partial charge in [0.2, 0.25) is 5.91 Å². The van der Waals surface area contributed by atoms with Gasteiger partial charge in [-0.2, -0.15) is 0 Å². The van der Waals surface area contributed by atoms with Gasteiger partial charge in [-0.25, -0.2) is 0 Å². The Bertz CT molecular complexity index is 198. The van der Waals surface area contributed by atoms with E-state index in [0.717, 1.165) is 12.8 Å². The fourth-order valence-electron chi connectivity index (χ4n) is 1.72. The number of aliphatic hydroxyl groups is 1. The largest absolute Gasteiger partial charge is 0.394 e. The van der Waals surface area contributed by atoms with Gasteiger partial charge in [-0.1, -0.05) is 0 Å². The number of hydrogen-bond acceptors (Lipinski definition) is 4. The first-order valence-corrected chi connectivity index (χ1v) is 4.86. The molecule has 1 aliphatic heterocycles. The van der Waals surface area contributed by atoms with E-state index in [4.69, 9.17) is 15.6 Å². The molecule has 5 heteroatoms. The highest BCUT2D eigenvalue weighted by molar-refractivity contribution is 5.82. The standard InChI is InChI=1S/C9H18N2O3/c1-14-6-7(5-12)11-4-2-3-8(10)9(11)13/h7-8,12H,2-6,10H2,1H3. The molecule has 1 rings (SSSR count). The smallest absolute Gasteiger partial charge is 0.239 e. The molecule has 0 aromatic rings. The van der Waals surface area contributed by atoms with E-state index in [2.05, 4.69) is 0 Å². The van der Waals surface area contributed by atoms with E-state index in [1.165, 1.54) is 0 Å². The number of hydrogen-bond donors (Lipinski definition) is 2. The number of piperidine rings is 1. The van der Waals surface area contributed by atoms with Crippen LogP contribution in [0.5, 0.6) is 0 Å². The second-order valence-electron chi connectivity index (χ2n) is 3.57. The highest BCUT2D eigenvalue weighted by atomic mass is 16.5. The molecule has 82 valence electrons. The molecular weight excluding hydrogens is 184 g/mol. The summed E-state index contributed by atoms with van der Waals surface area (Å²) in [5, 5.41) is 9.10. The molecule has 1 saturated heterocycles. The Morgan fingerprint density at radius 3 is 3.07 bits per heavy atom. The van der Waals surface area contributed by atoms with Gasteiger partial charge < -0.3 is 20.5 Å². The van der Waals surface area contributed by atoms with Crippen molar-refractivity contribution in [2.75, 3.05) is 26.9 Å². The highest BCUT2D eigenvalue weighted by Crippen LogP contribution is 2.13. The minimum Gasteiger partial charge on any atom is -0.394 e. The SMILES string of the molecule is COCC(CO)N1CCCC(N)C1=O. The number of likely N-dealkylation sites (tertiary alicyclic amines) is 1. The summed E-state index contributed by atoms with van der Waals surface area (Å²) in [4.78, 5) is 13.3. The van der Waals surface area contributed by atoms with Gasteiger partial charge in [-0.3, -0.25) is 4.79 Å². The van der Waals surface area contributed by atoms with Crippen LogP contribution in [-0.4, -0.2) is 54.9 Å². The lowest BCUT2D eigenvalue weighted by Crippen LogP contribution is -2.54. The molecule has 0 saturated carbocycles. The van der Waals surface area contributed by atoms with Crippen LogP contribution in [0.2, 0.25) is 0 Å². The van der Waals surface area contributed by atoms with Gasteiger partial charge in [0.25, 0.3) is 0 Å². The van der Waals surface area contributed by atoms with E-state index in [-0.39, 0.29) is 18.6 Å². The van der Waals surface area contributed by atoms with E-state index in [9.17, 15) is 4.79 Å². The third kappa shape index (κ3) is 2.43. The lowest BCUT2D eigenvalue weighted by molar-refractivity contribution is -0.139. The van der Waals surface area contributed by atoms with Crippen molar-refractivity contribution in [3.63, 3.8) is 0 Å². The van der Waals surface area contributed by atoms with Crippen molar-refractivity contribution in [1.82, 2.24) is 4.90 Å². The zero-order chi connectivity index (χ0) is 10.6. The molecule has 5 nitrogen and oxygen atoms in total. The molecule has 1 fully saturated rings. The first kappa shape index (κ1) is 11.4. The summed E-state index contributed by atoms with van der Waals surface area (Å²) in [6.45, 7) is 0.947. The summed E-state index contributed by atoms with van der Waals surface area (Å²) in [5.41, 5.74) is 5.64. The zero-order valence-corrected chi connectivity index (χ0v) is 8.48. The number of carbonyl (C=O) groups excluding carboxylic acids is 1. The van der Waals surface area contributed by atoms with Crippen molar-refractivity contribution in [1.29, 1.82) is 0 Å². The molecule has 0 aromatic carbocycles. The number of nitrogens with zero attached hydrogens (tertiary/aromatic N) is 1. The summed E-state index contributed by atoms with van der Waals surface area (Å²) in [7, 11) is 1.55. The van der Waals surface area contributed by atoms with Crippen LogP contribution in [0.15, 0.2) is 0 Å². The van der Waals surface area contributed by atoms with Gasteiger partial charge in [0.1, 0.15) is 0 Å². The maximum atomic E-state index is 11.6. The Hall–Kier alpha value is -0.650. The fraction of sp³-hybridized carbons (Fsp3) is 0.889. The lowest BCUT2D eigenvalue weighted by atomic mass is 10.0. The quantitative estimate of drug-likeness (QED) is 0.609. The molecule has 0 aromatic heterocycles. The van der Waals surface area contributed by atoms with Gasteiger partial charge in [0, 0.05) is 13.7 Å². The zero-order valence-electron chi connectivity index (χ0n) is 8.48. The number of amides is 1. The normalized spacial score (nSPS) is 25.2. The number of carbonyl (C=O) groups is 1. The average molecular weight is 202 g/mol. The van der Waals surface area contributed by atoms with E-state index in [1.807, 2.05) is 0 Å². The van der Waals surface area contributed by atoms with Gasteiger partial charge in [0.05, 0.1) is 25.3 Å². The van der Waals surface area contributed by atoms with Crippen LogP contribution in [0.1, 0.15) is 12.8 Å². The van der Waals surface area contributed by atoms with E-state index in [0.29, 0.717) is 13.2 Å². The van der Waals surface area contributed by atoms with Crippen LogP contribution in [0, 0.1) is 0 Å². The number of ether oxygens (including phenoxy) is 1. The van der Waals surface area contributed by atoms with Gasteiger partial charge in [-0.15, -0.1) is 0 Å². The molecule has 0 aliphatic carbocycles. The van der Waals surface area contributed by atoms with Crippen molar-refractivity contribution in [3.8, 4) is 0 Å². The van der Waals surface area contributed by atoms with E-state index >= 15 is 0 Å². The average Bonchev–Trinajstić information content (AvgIpc) is 2.19.